The first-order valence-electron chi connectivity index (χ1n) is 5.60. The van der Waals surface area contributed by atoms with E-state index in [1.54, 1.807) is 0 Å². The fraction of sp³-hybridized carbons (Fsp3) is 0.0714. The van der Waals surface area contributed by atoms with Crippen molar-refractivity contribution >= 4 is 60.4 Å². The third-order valence-electron chi connectivity index (χ3n) is 2.64. The van der Waals surface area contributed by atoms with Gasteiger partial charge in [0.25, 0.3) is 0 Å². The van der Waals surface area contributed by atoms with E-state index in [1.807, 2.05) is 24.3 Å². The molecule has 0 radical (unpaired) electrons. The lowest BCUT2D eigenvalue weighted by Crippen LogP contribution is -2.09. The smallest absolute Gasteiger partial charge is 0.104 e. The molecule has 3 N–H and O–H groups in total. The second-order valence-corrected chi connectivity index (χ2v) is 6.32. The zero-order chi connectivity index (χ0) is 14.0. The van der Waals surface area contributed by atoms with Crippen molar-refractivity contribution in [3.63, 3.8) is 0 Å². The zero-order valence-corrected chi connectivity index (χ0v) is 14.2. The van der Waals surface area contributed by atoms with Crippen LogP contribution in [0.25, 0.3) is 0 Å². The van der Waals surface area contributed by atoms with Gasteiger partial charge in [0.15, 0.2) is 0 Å². The van der Waals surface area contributed by atoms with Crippen LogP contribution in [0.4, 0.5) is 11.4 Å². The number of hydrogen-bond acceptors (Lipinski definition) is 2. The van der Waals surface area contributed by atoms with E-state index in [0.29, 0.717) is 4.99 Å². The molecule has 0 aromatic heterocycles. The molecule has 0 atom stereocenters. The van der Waals surface area contributed by atoms with Crippen LogP contribution in [-0.2, 0) is 0 Å². The number of halogens is 2. The second-order valence-electron chi connectivity index (χ2n) is 4.17. The Hall–Kier alpha value is -0.910. The number of rotatable bonds is 3. The molecule has 5 heteroatoms. The molecular weight excluding hydrogens is 388 g/mol. The van der Waals surface area contributed by atoms with E-state index in [0.717, 1.165) is 25.9 Å². The Morgan fingerprint density at radius 1 is 1.05 bits per heavy atom. The van der Waals surface area contributed by atoms with Gasteiger partial charge in [0.1, 0.15) is 4.99 Å². The van der Waals surface area contributed by atoms with Crippen molar-refractivity contribution in [2.75, 3.05) is 5.32 Å². The first-order valence-corrected chi connectivity index (χ1v) is 7.59. The van der Waals surface area contributed by atoms with Crippen molar-refractivity contribution in [1.82, 2.24) is 0 Å². The van der Waals surface area contributed by atoms with Gasteiger partial charge in [0, 0.05) is 14.5 Å². The Bertz CT molecular complexity index is 641. The Kier molecular flexibility index (Phi) is 4.60. The minimum absolute atomic E-state index is 0.393. The molecule has 0 aliphatic heterocycles. The Morgan fingerprint density at radius 2 is 1.79 bits per heavy atom. The topological polar surface area (TPSA) is 38.0 Å². The molecule has 0 fully saturated rings. The molecule has 0 amide bonds. The first-order chi connectivity index (χ1) is 8.97. The highest BCUT2D eigenvalue weighted by molar-refractivity contribution is 9.11. The van der Waals surface area contributed by atoms with Gasteiger partial charge in [0.05, 0.1) is 11.4 Å². The summed E-state index contributed by atoms with van der Waals surface area (Å²) in [4.78, 5) is 0.393. The van der Waals surface area contributed by atoms with Crippen molar-refractivity contribution in [2.45, 2.75) is 6.92 Å². The average Bonchev–Trinajstić information content (AvgIpc) is 2.36. The summed E-state index contributed by atoms with van der Waals surface area (Å²) in [6.45, 7) is 2.06. The van der Waals surface area contributed by atoms with Crippen LogP contribution in [0.15, 0.2) is 45.3 Å². The van der Waals surface area contributed by atoms with Gasteiger partial charge in [-0.1, -0.05) is 18.3 Å². The normalized spacial score (nSPS) is 10.3. The molecule has 0 saturated carbocycles. The molecule has 0 bridgehead atoms. The summed E-state index contributed by atoms with van der Waals surface area (Å²) in [6, 6.07) is 11.9. The van der Waals surface area contributed by atoms with Gasteiger partial charge in [-0.05, 0) is 74.7 Å². The van der Waals surface area contributed by atoms with Crippen LogP contribution in [0.3, 0.4) is 0 Å². The van der Waals surface area contributed by atoms with Gasteiger partial charge in [0.2, 0.25) is 0 Å². The van der Waals surface area contributed by atoms with E-state index >= 15 is 0 Å². The molecule has 2 aromatic carbocycles. The number of aryl methyl sites for hydroxylation is 1. The van der Waals surface area contributed by atoms with Crippen molar-refractivity contribution in [2.24, 2.45) is 5.73 Å². The third kappa shape index (κ3) is 3.55. The summed E-state index contributed by atoms with van der Waals surface area (Å²) >= 11 is 12.0. The van der Waals surface area contributed by atoms with Crippen LogP contribution < -0.4 is 11.1 Å². The van der Waals surface area contributed by atoms with Crippen LogP contribution in [0.5, 0.6) is 0 Å². The molecule has 2 aromatic rings. The van der Waals surface area contributed by atoms with Crippen LogP contribution in [-0.4, -0.2) is 4.99 Å². The van der Waals surface area contributed by atoms with E-state index in [9.17, 15) is 0 Å². The summed E-state index contributed by atoms with van der Waals surface area (Å²) in [5.41, 5.74) is 9.63. The Morgan fingerprint density at radius 3 is 2.42 bits per heavy atom. The van der Waals surface area contributed by atoms with Crippen molar-refractivity contribution in [3.8, 4) is 0 Å². The first kappa shape index (κ1) is 14.5. The lowest BCUT2D eigenvalue weighted by atomic mass is 10.2. The Balaban J connectivity index is 2.33. The molecule has 0 saturated heterocycles. The van der Waals surface area contributed by atoms with E-state index in [1.165, 1.54) is 5.56 Å². The summed E-state index contributed by atoms with van der Waals surface area (Å²) in [5.74, 6) is 0. The van der Waals surface area contributed by atoms with E-state index in [-0.39, 0.29) is 0 Å². The molecule has 0 spiro atoms. The number of nitrogens with two attached hydrogens (primary N) is 1. The summed E-state index contributed by atoms with van der Waals surface area (Å²) in [7, 11) is 0. The molecule has 19 heavy (non-hydrogen) atoms. The molecular formula is C14H12Br2N2S. The standard InChI is InChI=1S/C14H12Br2N2S/c1-8-2-4-10(15)13(6-8)18-12-5-3-9(14(17)19)7-11(12)16/h2-7,18H,1H3,(H2,17,19). The minimum Gasteiger partial charge on any atom is -0.389 e. The highest BCUT2D eigenvalue weighted by Crippen LogP contribution is 2.31. The highest BCUT2D eigenvalue weighted by Gasteiger charge is 2.06. The molecule has 98 valence electrons. The molecule has 0 heterocycles. The summed E-state index contributed by atoms with van der Waals surface area (Å²) in [5, 5.41) is 3.37. The number of nitrogens with one attached hydrogen (secondary N) is 1. The monoisotopic (exact) mass is 398 g/mol. The largest absolute Gasteiger partial charge is 0.389 e. The lowest BCUT2D eigenvalue weighted by Gasteiger charge is -2.12. The maximum absolute atomic E-state index is 5.61. The van der Waals surface area contributed by atoms with E-state index < -0.39 is 0 Å². The molecule has 2 rings (SSSR count). The number of thiocarbonyl (C=S) groups is 1. The molecule has 0 aliphatic rings. The second kappa shape index (κ2) is 6.03. The lowest BCUT2D eigenvalue weighted by molar-refractivity contribution is 1.42. The van der Waals surface area contributed by atoms with Gasteiger partial charge in [-0.2, -0.15) is 0 Å². The van der Waals surface area contributed by atoms with Crippen molar-refractivity contribution in [3.05, 3.63) is 56.5 Å². The molecule has 0 unspecified atom stereocenters. The van der Waals surface area contributed by atoms with Gasteiger partial charge >= 0.3 is 0 Å². The number of benzene rings is 2. The predicted molar refractivity (Wildman–Crippen MR) is 92.2 cm³/mol. The van der Waals surface area contributed by atoms with E-state index in [4.69, 9.17) is 18.0 Å². The average molecular weight is 400 g/mol. The number of anilines is 2. The van der Waals surface area contributed by atoms with Crippen LogP contribution in [0, 0.1) is 6.92 Å². The highest BCUT2D eigenvalue weighted by atomic mass is 79.9. The summed E-state index contributed by atoms with van der Waals surface area (Å²) < 4.78 is 1.94. The maximum atomic E-state index is 5.61. The van der Waals surface area contributed by atoms with Gasteiger partial charge in [-0.25, -0.2) is 0 Å². The maximum Gasteiger partial charge on any atom is 0.104 e. The summed E-state index contributed by atoms with van der Waals surface area (Å²) in [6.07, 6.45) is 0. The molecule has 2 nitrogen and oxygen atoms in total. The minimum atomic E-state index is 0.393. The van der Waals surface area contributed by atoms with Gasteiger partial charge in [-0.15, -0.1) is 0 Å². The van der Waals surface area contributed by atoms with E-state index in [2.05, 4.69) is 56.2 Å². The Labute approximate surface area is 134 Å². The predicted octanol–water partition coefficient (Wildman–Crippen LogP) is 4.90. The van der Waals surface area contributed by atoms with Crippen molar-refractivity contribution in [1.29, 1.82) is 0 Å². The van der Waals surface area contributed by atoms with Crippen LogP contribution in [0.1, 0.15) is 11.1 Å². The fourth-order valence-electron chi connectivity index (χ4n) is 1.65. The number of hydrogen-bond donors (Lipinski definition) is 2. The van der Waals surface area contributed by atoms with Gasteiger partial charge < -0.3 is 11.1 Å². The third-order valence-corrected chi connectivity index (χ3v) is 4.23. The SMILES string of the molecule is Cc1ccc(Br)c(Nc2ccc(C(N)=S)cc2Br)c1. The van der Waals surface area contributed by atoms with Gasteiger partial charge in [-0.3, -0.25) is 0 Å². The molecule has 0 aliphatic carbocycles. The quantitative estimate of drug-likeness (QED) is 0.721. The fourth-order valence-corrected chi connectivity index (χ4v) is 2.60. The van der Waals surface area contributed by atoms with Crippen LogP contribution in [0.2, 0.25) is 0 Å². The van der Waals surface area contributed by atoms with Crippen molar-refractivity contribution < 1.29 is 0 Å². The zero-order valence-electron chi connectivity index (χ0n) is 10.2. The van der Waals surface area contributed by atoms with Crippen LogP contribution >= 0.6 is 44.1 Å².